The normalized spacial score (nSPS) is 31.9. The smallest absolute Gasteiger partial charge is 0.407 e. The van der Waals surface area contributed by atoms with Crippen molar-refractivity contribution in [3.63, 3.8) is 0 Å². The van der Waals surface area contributed by atoms with Gasteiger partial charge in [0.25, 0.3) is 0 Å². The number of nitrogens with one attached hydrogen (secondary N) is 1. The van der Waals surface area contributed by atoms with Crippen molar-refractivity contribution in [1.29, 1.82) is 0 Å². The largest absolute Gasteiger partial charge is 0.447 e. The van der Waals surface area contributed by atoms with Crippen molar-refractivity contribution in [1.82, 2.24) is 5.32 Å². The second kappa shape index (κ2) is 4.67. The summed E-state index contributed by atoms with van der Waals surface area (Å²) >= 11 is 0. The van der Waals surface area contributed by atoms with Gasteiger partial charge >= 0.3 is 6.09 Å². The number of amides is 1. The Bertz CT molecular complexity index is 203. The first-order chi connectivity index (χ1) is 6.50. The molecule has 0 aromatic carbocycles. The highest BCUT2D eigenvalue weighted by atomic mass is 16.6. The third kappa shape index (κ3) is 2.89. The second-order valence-corrected chi connectivity index (χ2v) is 4.62. The maximum Gasteiger partial charge on any atom is 0.407 e. The van der Waals surface area contributed by atoms with E-state index in [0.29, 0.717) is 17.9 Å². The van der Waals surface area contributed by atoms with Gasteiger partial charge in [-0.05, 0) is 38.5 Å². The number of alkyl carbamates (subject to hydrolysis) is 1. The number of hydrogen-bond acceptors (Lipinski definition) is 2. The third-order valence-corrected chi connectivity index (χ3v) is 3.11. The van der Waals surface area contributed by atoms with Gasteiger partial charge in [0.05, 0.1) is 6.10 Å². The monoisotopic (exact) mass is 199 g/mol. The molecule has 0 aliphatic heterocycles. The first kappa shape index (κ1) is 11.3. The lowest BCUT2D eigenvalue weighted by molar-refractivity contribution is 0.110. The van der Waals surface area contributed by atoms with Crippen molar-refractivity contribution in [2.24, 2.45) is 11.8 Å². The van der Waals surface area contributed by atoms with Crippen molar-refractivity contribution in [3.8, 4) is 0 Å². The Morgan fingerprint density at radius 2 is 2.00 bits per heavy atom. The summed E-state index contributed by atoms with van der Waals surface area (Å²) in [6.07, 6.45) is 1.97. The molecule has 82 valence electrons. The molecule has 3 heteroatoms. The zero-order valence-corrected chi connectivity index (χ0v) is 9.54. The minimum Gasteiger partial charge on any atom is -0.447 e. The van der Waals surface area contributed by atoms with Gasteiger partial charge in [0, 0.05) is 6.04 Å². The average molecular weight is 199 g/mol. The molecule has 1 fully saturated rings. The summed E-state index contributed by atoms with van der Waals surface area (Å²) in [6, 6.07) is 0.302. The van der Waals surface area contributed by atoms with Crippen LogP contribution in [0.25, 0.3) is 0 Å². The molecule has 1 aliphatic rings. The Labute approximate surface area is 86.2 Å². The summed E-state index contributed by atoms with van der Waals surface area (Å²) in [7, 11) is 0. The van der Waals surface area contributed by atoms with E-state index in [1.165, 1.54) is 6.42 Å². The van der Waals surface area contributed by atoms with Gasteiger partial charge in [0.1, 0.15) is 0 Å². The number of rotatable bonds is 2. The van der Waals surface area contributed by atoms with E-state index in [2.05, 4.69) is 19.2 Å². The van der Waals surface area contributed by atoms with Gasteiger partial charge in [0.2, 0.25) is 0 Å². The van der Waals surface area contributed by atoms with Gasteiger partial charge < -0.3 is 10.1 Å². The van der Waals surface area contributed by atoms with E-state index in [-0.39, 0.29) is 12.2 Å². The number of hydrogen-bond donors (Lipinski definition) is 1. The van der Waals surface area contributed by atoms with Crippen molar-refractivity contribution >= 4 is 6.09 Å². The van der Waals surface area contributed by atoms with Crippen molar-refractivity contribution in [3.05, 3.63) is 0 Å². The van der Waals surface area contributed by atoms with Gasteiger partial charge in [0.15, 0.2) is 0 Å². The molecule has 1 rings (SSSR count). The predicted octanol–water partition coefficient (Wildman–Crippen LogP) is 2.56. The van der Waals surface area contributed by atoms with E-state index in [1.807, 2.05) is 13.8 Å². The van der Waals surface area contributed by atoms with Crippen molar-refractivity contribution < 1.29 is 9.53 Å². The van der Waals surface area contributed by atoms with Gasteiger partial charge in [-0.2, -0.15) is 0 Å². The molecule has 0 aromatic heterocycles. The van der Waals surface area contributed by atoms with E-state index in [0.717, 1.165) is 6.42 Å². The molecule has 3 nitrogen and oxygen atoms in total. The molecule has 3 unspecified atom stereocenters. The number of carbonyl (C=O) groups excluding carboxylic acids is 1. The lowest BCUT2D eigenvalue weighted by atomic mass is 9.98. The molecule has 0 spiro atoms. The Balaban J connectivity index is 2.34. The van der Waals surface area contributed by atoms with Gasteiger partial charge in [-0.25, -0.2) is 4.79 Å². The molecule has 0 heterocycles. The van der Waals surface area contributed by atoms with E-state index in [4.69, 9.17) is 4.74 Å². The molecule has 1 aliphatic carbocycles. The van der Waals surface area contributed by atoms with Crippen LogP contribution in [0.2, 0.25) is 0 Å². The van der Waals surface area contributed by atoms with Crippen LogP contribution in [0, 0.1) is 11.8 Å². The maximum absolute atomic E-state index is 11.3. The highest BCUT2D eigenvalue weighted by molar-refractivity contribution is 5.67. The van der Waals surface area contributed by atoms with Gasteiger partial charge in [-0.15, -0.1) is 0 Å². The molecule has 0 radical (unpaired) electrons. The van der Waals surface area contributed by atoms with Crippen LogP contribution in [0.15, 0.2) is 0 Å². The lowest BCUT2D eigenvalue weighted by Crippen LogP contribution is -2.38. The summed E-state index contributed by atoms with van der Waals surface area (Å²) < 4.78 is 5.05. The van der Waals surface area contributed by atoms with Crippen LogP contribution < -0.4 is 5.32 Å². The first-order valence-corrected chi connectivity index (χ1v) is 5.48. The van der Waals surface area contributed by atoms with E-state index in [9.17, 15) is 4.79 Å². The zero-order chi connectivity index (χ0) is 10.7. The van der Waals surface area contributed by atoms with Crippen LogP contribution in [-0.2, 0) is 4.74 Å². The first-order valence-electron chi connectivity index (χ1n) is 5.48. The fourth-order valence-corrected chi connectivity index (χ4v) is 1.97. The van der Waals surface area contributed by atoms with E-state index < -0.39 is 0 Å². The van der Waals surface area contributed by atoms with Gasteiger partial charge in [-0.3, -0.25) is 0 Å². The molecule has 14 heavy (non-hydrogen) atoms. The van der Waals surface area contributed by atoms with E-state index >= 15 is 0 Å². The average Bonchev–Trinajstić information content (AvgIpc) is 2.34. The summed E-state index contributed by atoms with van der Waals surface area (Å²) in [5.41, 5.74) is 0. The quantitative estimate of drug-likeness (QED) is 0.742. The zero-order valence-electron chi connectivity index (χ0n) is 9.54. The molecular formula is C11H21NO2. The second-order valence-electron chi connectivity index (χ2n) is 4.62. The van der Waals surface area contributed by atoms with Crippen LogP contribution in [0.5, 0.6) is 0 Å². The Morgan fingerprint density at radius 3 is 2.43 bits per heavy atom. The van der Waals surface area contributed by atoms with E-state index in [1.54, 1.807) is 0 Å². The highest BCUT2D eigenvalue weighted by Crippen LogP contribution is 2.31. The molecular weight excluding hydrogens is 178 g/mol. The van der Waals surface area contributed by atoms with Gasteiger partial charge in [-0.1, -0.05) is 13.8 Å². The molecule has 1 saturated carbocycles. The standard InChI is InChI=1S/C11H21NO2/c1-7(2)14-11(13)12-10-6-5-8(3)9(10)4/h7-10H,5-6H2,1-4H3,(H,12,13). The Hall–Kier alpha value is -0.730. The molecule has 0 aromatic rings. The summed E-state index contributed by atoms with van der Waals surface area (Å²) in [6.45, 7) is 8.15. The summed E-state index contributed by atoms with van der Waals surface area (Å²) in [5, 5.41) is 2.93. The van der Waals surface area contributed by atoms with Crippen LogP contribution >= 0.6 is 0 Å². The maximum atomic E-state index is 11.3. The lowest BCUT2D eigenvalue weighted by Gasteiger charge is -2.20. The molecule has 3 atom stereocenters. The Morgan fingerprint density at radius 1 is 1.36 bits per heavy atom. The fraction of sp³-hybridized carbons (Fsp3) is 0.909. The molecule has 1 N–H and O–H groups in total. The summed E-state index contributed by atoms with van der Waals surface area (Å²) in [4.78, 5) is 11.3. The minimum atomic E-state index is -0.272. The third-order valence-electron chi connectivity index (χ3n) is 3.11. The van der Waals surface area contributed by atoms with Crippen LogP contribution in [-0.4, -0.2) is 18.2 Å². The molecule has 1 amide bonds. The van der Waals surface area contributed by atoms with Crippen LogP contribution in [0.3, 0.4) is 0 Å². The fourth-order valence-electron chi connectivity index (χ4n) is 1.97. The van der Waals surface area contributed by atoms with Crippen molar-refractivity contribution in [2.75, 3.05) is 0 Å². The minimum absolute atomic E-state index is 0.0378. The van der Waals surface area contributed by atoms with Crippen molar-refractivity contribution in [2.45, 2.75) is 52.7 Å². The Kier molecular flexibility index (Phi) is 3.78. The SMILES string of the molecule is CC(C)OC(=O)NC1CCC(C)C1C. The number of carbonyl (C=O) groups is 1. The topological polar surface area (TPSA) is 38.3 Å². The molecule has 0 bridgehead atoms. The summed E-state index contributed by atoms with van der Waals surface area (Å²) in [5.74, 6) is 1.27. The predicted molar refractivity (Wildman–Crippen MR) is 56.1 cm³/mol. The molecule has 0 saturated heterocycles. The highest BCUT2D eigenvalue weighted by Gasteiger charge is 2.31. The number of ether oxygens (including phenoxy) is 1. The van der Waals surface area contributed by atoms with Crippen LogP contribution in [0.1, 0.15) is 40.5 Å². The van der Waals surface area contributed by atoms with Crippen LogP contribution in [0.4, 0.5) is 4.79 Å².